The van der Waals surface area contributed by atoms with E-state index >= 15 is 0 Å². The molecule has 6 rings (SSSR count). The number of carbonyl (C=O) groups excluding carboxylic acids is 3. The van der Waals surface area contributed by atoms with Crippen molar-refractivity contribution in [3.8, 4) is 17.2 Å². The number of benzene rings is 2. The van der Waals surface area contributed by atoms with Crippen LogP contribution in [-0.2, 0) is 10.2 Å². The molecule has 2 aliphatic carbocycles. The van der Waals surface area contributed by atoms with Gasteiger partial charge < -0.3 is 21.7 Å². The number of likely N-dealkylation sites (tertiary alicyclic amines) is 1. The minimum absolute atomic E-state index is 0.0866. The average Bonchev–Trinajstić information content (AvgIpc) is 3.26. The lowest BCUT2D eigenvalue weighted by Crippen LogP contribution is -2.46. The summed E-state index contributed by atoms with van der Waals surface area (Å²) in [7, 11) is 0. The number of fused-ring (bicyclic) bond motifs is 4. The molecule has 1 saturated carbocycles. The first-order valence-corrected chi connectivity index (χ1v) is 12.8. The molecular weight excluding hydrogens is 498 g/mol. The first-order chi connectivity index (χ1) is 18.7. The normalized spacial score (nSPS) is 22.4. The zero-order valence-electron chi connectivity index (χ0n) is 21.2. The van der Waals surface area contributed by atoms with Gasteiger partial charge in [-0.25, -0.2) is 0 Å². The Morgan fingerprint density at radius 1 is 1.13 bits per heavy atom. The van der Waals surface area contributed by atoms with Crippen molar-refractivity contribution in [3.05, 3.63) is 64.5 Å². The zero-order valence-corrected chi connectivity index (χ0v) is 21.2. The lowest BCUT2D eigenvalue weighted by atomic mass is 9.72. The molecule has 1 aromatic heterocycles. The highest BCUT2D eigenvalue weighted by Crippen LogP contribution is 2.54. The van der Waals surface area contributed by atoms with Crippen LogP contribution in [0.5, 0.6) is 0 Å². The van der Waals surface area contributed by atoms with Gasteiger partial charge in [0.2, 0.25) is 17.7 Å². The quantitative estimate of drug-likeness (QED) is 0.328. The van der Waals surface area contributed by atoms with Gasteiger partial charge in [0.1, 0.15) is 6.04 Å². The van der Waals surface area contributed by atoms with Crippen molar-refractivity contribution in [3.63, 3.8) is 0 Å². The number of piperidine rings is 1. The van der Waals surface area contributed by atoms with Crippen molar-refractivity contribution in [1.82, 2.24) is 30.8 Å². The molecule has 1 aliphatic heterocycles. The fourth-order valence-corrected chi connectivity index (χ4v) is 6.44. The molecule has 2 heterocycles. The number of rotatable bonds is 8. The molecule has 0 bridgehead atoms. The number of aromatic nitrogens is 4. The third-order valence-corrected chi connectivity index (χ3v) is 8.30. The fourth-order valence-electron chi connectivity index (χ4n) is 6.44. The maximum absolute atomic E-state index is 13.1. The molecule has 3 aliphatic rings. The zero-order chi connectivity index (χ0) is 27.5. The van der Waals surface area contributed by atoms with Crippen LogP contribution >= 0.6 is 0 Å². The Morgan fingerprint density at radius 3 is 2.31 bits per heavy atom. The van der Waals surface area contributed by atoms with Crippen LogP contribution in [0.2, 0.25) is 0 Å². The summed E-state index contributed by atoms with van der Waals surface area (Å²) in [6.45, 7) is 2.06. The number of nitriles is 1. The Labute approximate surface area is 223 Å². The van der Waals surface area contributed by atoms with Gasteiger partial charge in [-0.3, -0.25) is 14.4 Å². The minimum Gasteiger partial charge on any atom is -0.366 e. The number of nitrogens with two attached hydrogens (primary N) is 2. The standard InChI is InChI=1S/C27H27N9O3/c1-13(31-12-23(37)36-17(11-28)6-16-9-22(16)36)10-27(26-32-34-35-33-26)20-4-2-14(24(29)38)7-18(20)19-8-15(25(30)39)3-5-21(19)27/h2-5,7-8,13,16-17,22,31H,6,9-10,12H2,1H3,(H2,29,38)(H2,30,39)(H,32,33,34,35)/t13-,16-,17?,22+/m1/s1. The van der Waals surface area contributed by atoms with Crippen molar-refractivity contribution < 1.29 is 14.4 Å². The van der Waals surface area contributed by atoms with E-state index in [4.69, 9.17) is 11.5 Å². The number of aromatic amines is 1. The molecule has 4 atom stereocenters. The van der Waals surface area contributed by atoms with Crippen LogP contribution in [0.1, 0.15) is 63.9 Å². The summed E-state index contributed by atoms with van der Waals surface area (Å²) in [5.41, 5.74) is 14.0. The topological polar surface area (TPSA) is 197 Å². The molecule has 2 fully saturated rings. The van der Waals surface area contributed by atoms with E-state index in [1.54, 1.807) is 29.2 Å². The summed E-state index contributed by atoms with van der Waals surface area (Å²) >= 11 is 0. The van der Waals surface area contributed by atoms with Crippen molar-refractivity contribution >= 4 is 17.7 Å². The van der Waals surface area contributed by atoms with Crippen molar-refractivity contribution in [2.24, 2.45) is 17.4 Å². The lowest BCUT2D eigenvalue weighted by molar-refractivity contribution is -0.131. The Kier molecular flexibility index (Phi) is 5.69. The third kappa shape index (κ3) is 3.85. The summed E-state index contributed by atoms with van der Waals surface area (Å²) in [6, 6.07) is 12.2. The number of carbonyl (C=O) groups is 3. The third-order valence-electron chi connectivity index (χ3n) is 8.30. The molecule has 2 aromatic carbocycles. The second-order valence-electron chi connectivity index (χ2n) is 10.6. The van der Waals surface area contributed by atoms with Crippen molar-refractivity contribution in [2.45, 2.75) is 49.7 Å². The number of amides is 3. The van der Waals surface area contributed by atoms with Crippen molar-refractivity contribution in [1.29, 1.82) is 5.26 Å². The van der Waals surface area contributed by atoms with Crippen LogP contribution in [0.4, 0.5) is 0 Å². The molecule has 1 saturated heterocycles. The first-order valence-electron chi connectivity index (χ1n) is 12.8. The van der Waals surface area contributed by atoms with Gasteiger partial charge in [0.15, 0.2) is 5.82 Å². The van der Waals surface area contributed by atoms with Gasteiger partial charge in [0.25, 0.3) is 0 Å². The number of nitrogens with one attached hydrogen (secondary N) is 2. The number of hydrogen-bond acceptors (Lipinski definition) is 8. The molecule has 0 radical (unpaired) electrons. The van der Waals surface area contributed by atoms with Crippen LogP contribution in [0.25, 0.3) is 11.1 Å². The highest BCUT2D eigenvalue weighted by molar-refractivity contribution is 5.98. The monoisotopic (exact) mass is 525 g/mol. The number of nitrogens with zero attached hydrogens (tertiary/aromatic N) is 5. The summed E-state index contributed by atoms with van der Waals surface area (Å²) < 4.78 is 0. The molecule has 12 heteroatoms. The summed E-state index contributed by atoms with van der Waals surface area (Å²) in [5, 5.41) is 27.9. The van der Waals surface area contributed by atoms with E-state index in [0.717, 1.165) is 24.0 Å². The molecule has 198 valence electrons. The van der Waals surface area contributed by atoms with E-state index in [-0.39, 0.29) is 30.6 Å². The number of hydrogen-bond donors (Lipinski definition) is 4. The lowest BCUT2D eigenvalue weighted by Gasteiger charge is -2.32. The van der Waals surface area contributed by atoms with Gasteiger partial charge in [-0.2, -0.15) is 10.5 Å². The maximum atomic E-state index is 13.1. The molecule has 1 unspecified atom stereocenters. The molecule has 12 nitrogen and oxygen atoms in total. The fraction of sp³-hybridized carbons (Fsp3) is 0.370. The van der Waals surface area contributed by atoms with Crippen LogP contribution < -0.4 is 16.8 Å². The summed E-state index contributed by atoms with van der Waals surface area (Å²) in [6.07, 6.45) is 2.14. The smallest absolute Gasteiger partial charge is 0.248 e. The van der Waals surface area contributed by atoms with Gasteiger partial charge in [-0.05, 0) is 78.6 Å². The first kappa shape index (κ1) is 24.7. The second kappa shape index (κ2) is 8.99. The summed E-state index contributed by atoms with van der Waals surface area (Å²) in [5.74, 6) is -0.389. The predicted octanol–water partition coefficient (Wildman–Crippen LogP) is 0.593. The van der Waals surface area contributed by atoms with Crippen LogP contribution in [0.3, 0.4) is 0 Å². The molecule has 3 aromatic rings. The average molecular weight is 526 g/mol. The molecule has 3 amide bonds. The predicted molar refractivity (Wildman–Crippen MR) is 138 cm³/mol. The second-order valence-corrected chi connectivity index (χ2v) is 10.6. The van der Waals surface area contributed by atoms with Gasteiger partial charge >= 0.3 is 0 Å². The Balaban J connectivity index is 1.37. The van der Waals surface area contributed by atoms with Crippen LogP contribution in [-0.4, -0.2) is 67.9 Å². The van der Waals surface area contributed by atoms with E-state index in [2.05, 4.69) is 32.0 Å². The Hall–Kier alpha value is -4.63. The molecule has 6 N–H and O–H groups in total. The van der Waals surface area contributed by atoms with Gasteiger partial charge in [0, 0.05) is 23.2 Å². The Morgan fingerprint density at radius 2 is 1.77 bits per heavy atom. The van der Waals surface area contributed by atoms with E-state index in [9.17, 15) is 19.6 Å². The molecular formula is C27H27N9O3. The van der Waals surface area contributed by atoms with Gasteiger partial charge in [0.05, 0.1) is 18.0 Å². The summed E-state index contributed by atoms with van der Waals surface area (Å²) in [4.78, 5) is 38.9. The molecule has 39 heavy (non-hydrogen) atoms. The number of tetrazole rings is 1. The number of primary amides is 2. The largest absolute Gasteiger partial charge is 0.366 e. The van der Waals surface area contributed by atoms with E-state index in [0.29, 0.717) is 40.4 Å². The van der Waals surface area contributed by atoms with Crippen LogP contribution in [0, 0.1) is 17.2 Å². The maximum Gasteiger partial charge on any atom is 0.248 e. The van der Waals surface area contributed by atoms with E-state index in [1.165, 1.54) is 0 Å². The van der Waals surface area contributed by atoms with Gasteiger partial charge in [-0.15, -0.1) is 10.2 Å². The highest BCUT2D eigenvalue weighted by Gasteiger charge is 2.54. The van der Waals surface area contributed by atoms with E-state index < -0.39 is 17.2 Å². The van der Waals surface area contributed by atoms with E-state index in [1.807, 2.05) is 19.1 Å². The Bertz CT molecular complexity index is 1480. The number of H-pyrrole nitrogens is 1. The van der Waals surface area contributed by atoms with Crippen molar-refractivity contribution in [2.75, 3.05) is 6.54 Å². The van der Waals surface area contributed by atoms with Crippen LogP contribution in [0.15, 0.2) is 36.4 Å². The molecule has 0 spiro atoms. The van der Waals surface area contributed by atoms with Gasteiger partial charge in [-0.1, -0.05) is 17.3 Å². The SMILES string of the molecule is C[C@H](CC1(c2nn[nH]n2)c2ccc(C(N)=O)cc2-c2cc(C(N)=O)ccc21)NCC(=O)N1C(C#N)C[C@@H]2C[C@@H]21. The highest BCUT2D eigenvalue weighted by atomic mass is 16.2. The minimum atomic E-state index is -0.913.